The molecule has 0 bridgehead atoms. The number of hydrogen-bond donors (Lipinski definition) is 1. The highest BCUT2D eigenvalue weighted by Crippen LogP contribution is 2.34. The summed E-state index contributed by atoms with van der Waals surface area (Å²) in [6, 6.07) is 1.84. The second-order valence-electron chi connectivity index (χ2n) is 5.97. The lowest BCUT2D eigenvalue weighted by Crippen LogP contribution is -2.47. The van der Waals surface area contributed by atoms with Crippen LogP contribution in [0.3, 0.4) is 0 Å². The Bertz CT molecular complexity index is 629. The second kappa shape index (κ2) is 6.27. The summed E-state index contributed by atoms with van der Waals surface area (Å²) in [6.07, 6.45) is 1.90. The van der Waals surface area contributed by atoms with Crippen LogP contribution < -0.4 is 4.72 Å². The number of amides is 1. The van der Waals surface area contributed by atoms with Crippen LogP contribution in [-0.2, 0) is 14.8 Å². The minimum absolute atomic E-state index is 0.0569. The van der Waals surface area contributed by atoms with Gasteiger partial charge in [-0.25, -0.2) is 13.1 Å². The topological polar surface area (TPSA) is 75.7 Å². The number of piperidine rings is 1. The number of ether oxygens (including phenoxy) is 1. The summed E-state index contributed by atoms with van der Waals surface area (Å²) in [6.45, 7) is 2.31. The molecule has 1 aromatic rings. The van der Waals surface area contributed by atoms with Crippen LogP contribution in [0, 0.1) is 11.8 Å². The fourth-order valence-corrected chi connectivity index (χ4v) is 4.32. The van der Waals surface area contributed by atoms with Gasteiger partial charge in [-0.2, -0.15) is 11.3 Å². The predicted molar refractivity (Wildman–Crippen MR) is 84.4 cm³/mol. The maximum atomic E-state index is 12.5. The van der Waals surface area contributed by atoms with Gasteiger partial charge >= 0.3 is 0 Å². The maximum absolute atomic E-state index is 12.5. The van der Waals surface area contributed by atoms with Crippen LogP contribution in [0.15, 0.2) is 16.8 Å². The smallest absolute Gasteiger partial charge is 0.254 e. The van der Waals surface area contributed by atoms with E-state index in [-0.39, 0.29) is 24.5 Å². The quantitative estimate of drug-likeness (QED) is 0.876. The molecular weight excluding hydrogens is 324 g/mol. The van der Waals surface area contributed by atoms with E-state index in [1.165, 1.54) is 11.3 Å². The molecule has 3 heterocycles. The van der Waals surface area contributed by atoms with E-state index in [0.717, 1.165) is 24.8 Å². The first kappa shape index (κ1) is 15.9. The van der Waals surface area contributed by atoms with Gasteiger partial charge in [-0.1, -0.05) is 0 Å². The van der Waals surface area contributed by atoms with Gasteiger partial charge in [0.15, 0.2) is 0 Å². The van der Waals surface area contributed by atoms with Crippen molar-refractivity contribution in [3.05, 3.63) is 22.4 Å². The molecule has 2 saturated heterocycles. The molecule has 8 heteroatoms. The molecule has 2 fully saturated rings. The first-order valence-corrected chi connectivity index (χ1v) is 10.1. The molecule has 0 saturated carbocycles. The maximum Gasteiger partial charge on any atom is 0.254 e. The van der Waals surface area contributed by atoms with Crippen LogP contribution in [0.1, 0.15) is 16.8 Å². The average molecular weight is 344 g/mol. The van der Waals surface area contributed by atoms with Crippen LogP contribution in [0.4, 0.5) is 0 Å². The molecule has 3 atom stereocenters. The highest BCUT2D eigenvalue weighted by molar-refractivity contribution is 7.88. The average Bonchev–Trinajstić information content (AvgIpc) is 3.12. The molecule has 1 aromatic heterocycles. The van der Waals surface area contributed by atoms with E-state index < -0.39 is 10.0 Å². The molecule has 2 aliphatic heterocycles. The Kier molecular flexibility index (Phi) is 4.54. The van der Waals surface area contributed by atoms with E-state index in [4.69, 9.17) is 4.74 Å². The first-order chi connectivity index (χ1) is 10.4. The summed E-state index contributed by atoms with van der Waals surface area (Å²) >= 11 is 1.51. The zero-order valence-electron chi connectivity index (χ0n) is 12.4. The first-order valence-electron chi connectivity index (χ1n) is 7.32. The van der Waals surface area contributed by atoms with E-state index in [1.807, 2.05) is 21.7 Å². The minimum atomic E-state index is -3.22. The number of nitrogens with zero attached hydrogens (tertiary/aromatic N) is 1. The SMILES string of the molecule is CS(=O)(=O)NC[C@H]1OC[C@@H]2CCN(C(=O)c3ccsc3)C[C@@H]21. The Morgan fingerprint density at radius 2 is 2.36 bits per heavy atom. The van der Waals surface area contributed by atoms with Gasteiger partial charge in [0.25, 0.3) is 5.91 Å². The van der Waals surface area contributed by atoms with Crippen molar-refractivity contribution in [2.75, 3.05) is 32.5 Å². The standard InChI is InChI=1S/C14H20N2O4S2/c1-22(18,19)15-6-13-12-7-16(4-2-10(12)8-20-13)14(17)11-3-5-21-9-11/h3,5,9-10,12-13,15H,2,4,6-8H2,1H3/t10-,12-,13+/m0/s1. The van der Waals surface area contributed by atoms with Crippen molar-refractivity contribution in [2.45, 2.75) is 12.5 Å². The molecule has 0 unspecified atom stereocenters. The summed E-state index contributed by atoms with van der Waals surface area (Å²) in [5.41, 5.74) is 0.730. The Morgan fingerprint density at radius 1 is 1.55 bits per heavy atom. The summed E-state index contributed by atoms with van der Waals surface area (Å²) in [5, 5.41) is 3.76. The van der Waals surface area contributed by atoms with Crippen LogP contribution in [0.25, 0.3) is 0 Å². The Labute approximate surface area is 134 Å². The Balaban J connectivity index is 1.64. The third-order valence-corrected chi connectivity index (χ3v) is 5.78. The molecule has 1 amide bonds. The molecule has 0 radical (unpaired) electrons. The van der Waals surface area contributed by atoms with Crippen molar-refractivity contribution in [3.63, 3.8) is 0 Å². The molecule has 0 aliphatic carbocycles. The van der Waals surface area contributed by atoms with Crippen LogP contribution >= 0.6 is 11.3 Å². The summed E-state index contributed by atoms with van der Waals surface area (Å²) in [5.74, 6) is 0.671. The van der Waals surface area contributed by atoms with Crippen molar-refractivity contribution >= 4 is 27.3 Å². The summed E-state index contributed by atoms with van der Waals surface area (Å²) in [4.78, 5) is 14.3. The number of likely N-dealkylation sites (tertiary alicyclic amines) is 1. The highest BCUT2D eigenvalue weighted by atomic mass is 32.2. The van der Waals surface area contributed by atoms with E-state index in [9.17, 15) is 13.2 Å². The fourth-order valence-electron chi connectivity index (χ4n) is 3.23. The molecular formula is C14H20N2O4S2. The lowest BCUT2D eigenvalue weighted by Gasteiger charge is -2.36. The van der Waals surface area contributed by atoms with E-state index >= 15 is 0 Å². The number of hydrogen-bond acceptors (Lipinski definition) is 5. The predicted octanol–water partition coefficient (Wildman–Crippen LogP) is 0.774. The van der Waals surface area contributed by atoms with Crippen LogP contribution in [-0.4, -0.2) is 57.8 Å². The van der Waals surface area contributed by atoms with Crippen molar-refractivity contribution in [1.82, 2.24) is 9.62 Å². The van der Waals surface area contributed by atoms with Gasteiger partial charge in [0.1, 0.15) is 0 Å². The van der Waals surface area contributed by atoms with Crippen molar-refractivity contribution in [1.29, 1.82) is 0 Å². The van der Waals surface area contributed by atoms with E-state index in [2.05, 4.69) is 4.72 Å². The van der Waals surface area contributed by atoms with Gasteiger partial charge in [0, 0.05) is 30.9 Å². The van der Waals surface area contributed by atoms with Crippen molar-refractivity contribution in [2.24, 2.45) is 11.8 Å². The molecule has 2 aliphatic rings. The van der Waals surface area contributed by atoms with Gasteiger partial charge in [-0.15, -0.1) is 0 Å². The molecule has 1 N–H and O–H groups in total. The highest BCUT2D eigenvalue weighted by Gasteiger charge is 2.42. The Hall–Kier alpha value is -0.960. The largest absolute Gasteiger partial charge is 0.376 e. The number of thiophene rings is 1. The molecule has 0 aromatic carbocycles. The lowest BCUT2D eigenvalue weighted by molar-refractivity contribution is 0.0563. The minimum Gasteiger partial charge on any atom is -0.376 e. The number of sulfonamides is 1. The number of carbonyl (C=O) groups is 1. The molecule has 0 spiro atoms. The third-order valence-electron chi connectivity index (χ3n) is 4.41. The third kappa shape index (κ3) is 3.51. The van der Waals surface area contributed by atoms with Gasteiger partial charge in [-0.05, 0) is 23.8 Å². The van der Waals surface area contributed by atoms with Gasteiger partial charge in [-0.3, -0.25) is 4.79 Å². The van der Waals surface area contributed by atoms with Crippen LogP contribution in [0.2, 0.25) is 0 Å². The van der Waals surface area contributed by atoms with Gasteiger partial charge in [0.2, 0.25) is 10.0 Å². The molecule has 122 valence electrons. The molecule has 6 nitrogen and oxygen atoms in total. The fraction of sp³-hybridized carbons (Fsp3) is 0.643. The van der Waals surface area contributed by atoms with E-state index in [0.29, 0.717) is 19.1 Å². The van der Waals surface area contributed by atoms with Gasteiger partial charge < -0.3 is 9.64 Å². The molecule has 22 heavy (non-hydrogen) atoms. The molecule has 3 rings (SSSR count). The van der Waals surface area contributed by atoms with Gasteiger partial charge in [0.05, 0.1) is 24.5 Å². The second-order valence-corrected chi connectivity index (χ2v) is 8.58. The summed E-state index contributed by atoms with van der Waals surface area (Å²) in [7, 11) is -3.22. The lowest BCUT2D eigenvalue weighted by atomic mass is 9.84. The number of rotatable bonds is 4. The zero-order chi connectivity index (χ0) is 15.7. The van der Waals surface area contributed by atoms with Crippen LogP contribution in [0.5, 0.6) is 0 Å². The normalized spacial score (nSPS) is 28.6. The van der Waals surface area contributed by atoms with Crippen molar-refractivity contribution < 1.29 is 17.9 Å². The monoisotopic (exact) mass is 344 g/mol. The Morgan fingerprint density at radius 3 is 3.05 bits per heavy atom. The number of carbonyl (C=O) groups excluding carboxylic acids is 1. The number of fused-ring (bicyclic) bond motifs is 1. The zero-order valence-corrected chi connectivity index (χ0v) is 14.0. The number of nitrogens with one attached hydrogen (secondary N) is 1. The van der Waals surface area contributed by atoms with Crippen molar-refractivity contribution in [3.8, 4) is 0 Å². The van der Waals surface area contributed by atoms with E-state index in [1.54, 1.807) is 0 Å². The summed E-state index contributed by atoms with van der Waals surface area (Å²) < 4.78 is 30.8.